The first-order chi connectivity index (χ1) is 11.4. The van der Waals surface area contributed by atoms with E-state index >= 15 is 0 Å². The second kappa shape index (κ2) is 6.84. The van der Waals surface area contributed by atoms with Gasteiger partial charge in [-0.2, -0.15) is 4.31 Å². The molecule has 0 aromatic heterocycles. The summed E-state index contributed by atoms with van der Waals surface area (Å²) in [5.74, 6) is 0.824. The van der Waals surface area contributed by atoms with Crippen LogP contribution in [0.1, 0.15) is 44.6 Å². The SMILES string of the molecule is CCC(C)c1ccc(S(=O)(=O)N2CCN(C(=O)C3CC3)CC2)cc1. The smallest absolute Gasteiger partial charge is 0.243 e. The van der Waals surface area contributed by atoms with Crippen molar-refractivity contribution in [2.75, 3.05) is 26.2 Å². The van der Waals surface area contributed by atoms with Crippen LogP contribution in [0.3, 0.4) is 0 Å². The van der Waals surface area contributed by atoms with Gasteiger partial charge in [-0.15, -0.1) is 0 Å². The minimum Gasteiger partial charge on any atom is -0.340 e. The molecule has 1 saturated carbocycles. The van der Waals surface area contributed by atoms with Crippen LogP contribution in [0.25, 0.3) is 0 Å². The van der Waals surface area contributed by atoms with Gasteiger partial charge in [0.05, 0.1) is 4.90 Å². The predicted octanol–water partition coefficient (Wildman–Crippen LogP) is 2.44. The third kappa shape index (κ3) is 3.49. The van der Waals surface area contributed by atoms with E-state index in [0.717, 1.165) is 24.8 Å². The number of carbonyl (C=O) groups excluding carboxylic acids is 1. The van der Waals surface area contributed by atoms with E-state index in [1.54, 1.807) is 12.1 Å². The molecule has 0 spiro atoms. The van der Waals surface area contributed by atoms with Crippen molar-refractivity contribution in [2.45, 2.75) is 43.9 Å². The topological polar surface area (TPSA) is 57.7 Å². The zero-order valence-electron chi connectivity index (χ0n) is 14.4. The molecular weight excluding hydrogens is 324 g/mol. The van der Waals surface area contributed by atoms with E-state index in [-0.39, 0.29) is 11.8 Å². The van der Waals surface area contributed by atoms with E-state index in [1.165, 1.54) is 4.31 Å². The van der Waals surface area contributed by atoms with E-state index in [1.807, 2.05) is 17.0 Å². The largest absolute Gasteiger partial charge is 0.340 e. The Kier molecular flexibility index (Phi) is 4.97. The minimum atomic E-state index is -3.47. The van der Waals surface area contributed by atoms with Gasteiger partial charge in [-0.1, -0.05) is 26.0 Å². The molecule has 132 valence electrons. The second-order valence-corrected chi connectivity index (χ2v) is 8.82. The van der Waals surface area contributed by atoms with Crippen LogP contribution >= 0.6 is 0 Å². The lowest BCUT2D eigenvalue weighted by Crippen LogP contribution is -2.50. The Bertz CT molecular complexity index is 687. The van der Waals surface area contributed by atoms with Crippen LogP contribution in [0.2, 0.25) is 0 Å². The highest BCUT2D eigenvalue weighted by Crippen LogP contribution is 2.31. The van der Waals surface area contributed by atoms with E-state index < -0.39 is 10.0 Å². The molecule has 2 fully saturated rings. The molecule has 1 unspecified atom stereocenters. The average molecular weight is 350 g/mol. The van der Waals surface area contributed by atoms with Crippen LogP contribution in [-0.4, -0.2) is 49.7 Å². The van der Waals surface area contributed by atoms with Crippen LogP contribution in [0.5, 0.6) is 0 Å². The van der Waals surface area contributed by atoms with E-state index in [2.05, 4.69) is 13.8 Å². The number of carbonyl (C=O) groups is 1. The summed E-state index contributed by atoms with van der Waals surface area (Å²) in [6.45, 7) is 6.03. The molecular formula is C18H26N2O3S. The Morgan fingerprint density at radius 2 is 1.71 bits per heavy atom. The average Bonchev–Trinajstić information content (AvgIpc) is 3.45. The normalized spacial score (nSPS) is 20.8. The maximum atomic E-state index is 12.8. The number of benzene rings is 1. The molecule has 1 aromatic carbocycles. The summed E-state index contributed by atoms with van der Waals surface area (Å²) in [7, 11) is -3.47. The zero-order chi connectivity index (χ0) is 17.3. The van der Waals surface area contributed by atoms with Crippen molar-refractivity contribution < 1.29 is 13.2 Å². The van der Waals surface area contributed by atoms with Gasteiger partial charge in [0.15, 0.2) is 0 Å². The van der Waals surface area contributed by atoms with Crippen LogP contribution in [-0.2, 0) is 14.8 Å². The quantitative estimate of drug-likeness (QED) is 0.819. The number of rotatable bonds is 5. The summed E-state index contributed by atoms with van der Waals surface area (Å²) in [6, 6.07) is 7.24. The predicted molar refractivity (Wildman–Crippen MR) is 93.2 cm³/mol. The Labute approximate surface area is 144 Å². The first-order valence-electron chi connectivity index (χ1n) is 8.82. The van der Waals surface area contributed by atoms with E-state index in [0.29, 0.717) is 37.0 Å². The van der Waals surface area contributed by atoms with Crippen molar-refractivity contribution in [2.24, 2.45) is 5.92 Å². The van der Waals surface area contributed by atoms with Gasteiger partial charge < -0.3 is 4.90 Å². The van der Waals surface area contributed by atoms with Gasteiger partial charge in [-0.05, 0) is 42.9 Å². The van der Waals surface area contributed by atoms with Crippen molar-refractivity contribution >= 4 is 15.9 Å². The third-order valence-electron chi connectivity index (χ3n) is 5.18. The van der Waals surface area contributed by atoms with Crippen LogP contribution in [0.4, 0.5) is 0 Å². The molecule has 6 heteroatoms. The van der Waals surface area contributed by atoms with Crippen molar-refractivity contribution in [3.05, 3.63) is 29.8 Å². The lowest BCUT2D eigenvalue weighted by Gasteiger charge is -2.34. The van der Waals surface area contributed by atoms with E-state index in [4.69, 9.17) is 0 Å². The minimum absolute atomic E-state index is 0.196. The van der Waals surface area contributed by atoms with Crippen molar-refractivity contribution in [3.8, 4) is 0 Å². The van der Waals surface area contributed by atoms with Gasteiger partial charge in [-0.25, -0.2) is 8.42 Å². The maximum absolute atomic E-state index is 12.8. The zero-order valence-corrected chi connectivity index (χ0v) is 15.3. The molecule has 0 radical (unpaired) electrons. The molecule has 0 bridgehead atoms. The lowest BCUT2D eigenvalue weighted by atomic mass is 9.99. The monoisotopic (exact) mass is 350 g/mol. The van der Waals surface area contributed by atoms with Crippen molar-refractivity contribution in [1.29, 1.82) is 0 Å². The number of hydrogen-bond donors (Lipinski definition) is 0. The van der Waals surface area contributed by atoms with Gasteiger partial charge in [0.2, 0.25) is 15.9 Å². The molecule has 1 amide bonds. The molecule has 0 N–H and O–H groups in total. The first kappa shape index (κ1) is 17.4. The molecule has 5 nitrogen and oxygen atoms in total. The van der Waals surface area contributed by atoms with Crippen molar-refractivity contribution in [1.82, 2.24) is 9.21 Å². The fraction of sp³-hybridized carbons (Fsp3) is 0.611. The highest BCUT2D eigenvalue weighted by molar-refractivity contribution is 7.89. The van der Waals surface area contributed by atoms with Gasteiger partial charge in [0.1, 0.15) is 0 Å². The Morgan fingerprint density at radius 3 is 2.21 bits per heavy atom. The highest BCUT2D eigenvalue weighted by atomic mass is 32.2. The molecule has 1 heterocycles. The summed E-state index contributed by atoms with van der Waals surface area (Å²) in [4.78, 5) is 14.2. The Morgan fingerprint density at radius 1 is 1.12 bits per heavy atom. The van der Waals surface area contributed by atoms with Gasteiger partial charge >= 0.3 is 0 Å². The Hall–Kier alpha value is -1.40. The van der Waals surface area contributed by atoms with E-state index in [9.17, 15) is 13.2 Å². The molecule has 24 heavy (non-hydrogen) atoms. The third-order valence-corrected chi connectivity index (χ3v) is 7.09. The molecule has 2 aliphatic rings. The molecule has 1 saturated heterocycles. The Balaban J connectivity index is 1.66. The number of hydrogen-bond acceptors (Lipinski definition) is 3. The van der Waals surface area contributed by atoms with Gasteiger partial charge in [0, 0.05) is 32.1 Å². The fourth-order valence-corrected chi connectivity index (χ4v) is 4.51. The number of amides is 1. The van der Waals surface area contributed by atoms with Gasteiger partial charge in [-0.3, -0.25) is 4.79 Å². The number of sulfonamides is 1. The number of nitrogens with zero attached hydrogens (tertiary/aromatic N) is 2. The summed E-state index contributed by atoms with van der Waals surface area (Å²) in [5.41, 5.74) is 1.16. The summed E-state index contributed by atoms with van der Waals surface area (Å²) < 4.78 is 27.1. The summed E-state index contributed by atoms with van der Waals surface area (Å²) in [5, 5.41) is 0. The van der Waals surface area contributed by atoms with Crippen LogP contribution in [0, 0.1) is 5.92 Å². The second-order valence-electron chi connectivity index (χ2n) is 6.88. The molecule has 1 atom stereocenters. The summed E-state index contributed by atoms with van der Waals surface area (Å²) >= 11 is 0. The molecule has 3 rings (SSSR count). The standard InChI is InChI=1S/C18H26N2O3S/c1-3-14(2)15-6-8-17(9-7-15)24(22,23)20-12-10-19(11-13-20)18(21)16-4-5-16/h6-9,14,16H,3-5,10-13H2,1-2H3. The number of piperazine rings is 1. The maximum Gasteiger partial charge on any atom is 0.243 e. The highest BCUT2D eigenvalue weighted by Gasteiger charge is 2.36. The lowest BCUT2D eigenvalue weighted by molar-refractivity contribution is -0.133. The first-order valence-corrected chi connectivity index (χ1v) is 10.3. The molecule has 1 aliphatic heterocycles. The van der Waals surface area contributed by atoms with Crippen LogP contribution < -0.4 is 0 Å². The van der Waals surface area contributed by atoms with Crippen LogP contribution in [0.15, 0.2) is 29.2 Å². The van der Waals surface area contributed by atoms with Gasteiger partial charge in [0.25, 0.3) is 0 Å². The summed E-state index contributed by atoms with van der Waals surface area (Å²) in [6.07, 6.45) is 3.00. The van der Waals surface area contributed by atoms with Crippen molar-refractivity contribution in [3.63, 3.8) is 0 Å². The molecule has 1 aliphatic carbocycles. The fourth-order valence-electron chi connectivity index (χ4n) is 3.09. The molecule has 1 aromatic rings.